The molecular weight excluding hydrogens is 216 g/mol. The first-order valence-electron chi connectivity index (χ1n) is 4.85. The van der Waals surface area contributed by atoms with Crippen molar-refractivity contribution < 1.29 is 14.3 Å². The van der Waals surface area contributed by atoms with Crippen molar-refractivity contribution in [3.05, 3.63) is 5.89 Å². The minimum absolute atomic E-state index is 0.330. The third kappa shape index (κ3) is 3.91. The highest BCUT2D eigenvalue weighted by Gasteiger charge is 2.16. The van der Waals surface area contributed by atoms with Gasteiger partial charge in [-0.25, -0.2) is 0 Å². The number of carbonyl (C=O) groups is 1. The first-order chi connectivity index (χ1) is 7.13. The molecule has 6 heteroatoms. The zero-order valence-electron chi connectivity index (χ0n) is 8.77. The lowest BCUT2D eigenvalue weighted by molar-refractivity contribution is -0.136. The van der Waals surface area contributed by atoms with E-state index in [0.29, 0.717) is 11.1 Å². The number of unbranched alkanes of at least 4 members (excludes halogenated alkanes) is 1. The van der Waals surface area contributed by atoms with E-state index in [-0.39, 0.29) is 0 Å². The molecule has 0 amide bonds. The molecule has 1 aromatic heterocycles. The number of carboxylic acids is 1. The van der Waals surface area contributed by atoms with Gasteiger partial charge in [-0.3, -0.25) is 4.79 Å². The van der Waals surface area contributed by atoms with Crippen LogP contribution >= 0.6 is 11.8 Å². The molecule has 1 atom stereocenters. The number of aromatic nitrogens is 2. The smallest absolute Gasteiger partial charge is 0.316 e. The number of aliphatic carboxylic acids is 1. The highest BCUT2D eigenvalue weighted by atomic mass is 32.2. The molecule has 0 radical (unpaired) electrons. The first kappa shape index (κ1) is 12.0. The van der Waals surface area contributed by atoms with Crippen LogP contribution in [0.4, 0.5) is 0 Å². The Labute approximate surface area is 92.3 Å². The minimum Gasteiger partial charge on any atom is -0.480 e. The van der Waals surface area contributed by atoms with Crippen LogP contribution in [0.15, 0.2) is 9.64 Å². The van der Waals surface area contributed by atoms with Gasteiger partial charge in [0.25, 0.3) is 5.22 Å². The second-order valence-electron chi connectivity index (χ2n) is 3.16. The molecule has 0 spiro atoms. The molecule has 5 nitrogen and oxygen atoms in total. The maximum absolute atomic E-state index is 10.6. The van der Waals surface area contributed by atoms with E-state index in [1.165, 1.54) is 0 Å². The highest BCUT2D eigenvalue weighted by Crippen LogP contribution is 2.22. The molecule has 0 aliphatic heterocycles. The van der Waals surface area contributed by atoms with Crippen LogP contribution in [-0.2, 0) is 11.2 Å². The van der Waals surface area contributed by atoms with Gasteiger partial charge in [-0.1, -0.05) is 25.1 Å². The zero-order chi connectivity index (χ0) is 11.3. The summed E-state index contributed by atoms with van der Waals surface area (Å²) in [6, 6.07) is 0. The predicted molar refractivity (Wildman–Crippen MR) is 55.9 cm³/mol. The summed E-state index contributed by atoms with van der Waals surface area (Å²) in [4.78, 5) is 10.6. The molecule has 1 heterocycles. The minimum atomic E-state index is -0.881. The van der Waals surface area contributed by atoms with Crippen molar-refractivity contribution in [3.8, 4) is 0 Å². The summed E-state index contributed by atoms with van der Waals surface area (Å²) in [5.41, 5.74) is 0. The van der Waals surface area contributed by atoms with Gasteiger partial charge in [-0.2, -0.15) is 0 Å². The molecule has 15 heavy (non-hydrogen) atoms. The van der Waals surface area contributed by atoms with Crippen molar-refractivity contribution in [1.29, 1.82) is 0 Å². The summed E-state index contributed by atoms with van der Waals surface area (Å²) >= 11 is 1.07. The Bertz CT molecular complexity index is 327. The van der Waals surface area contributed by atoms with E-state index in [1.807, 2.05) is 0 Å². The van der Waals surface area contributed by atoms with Crippen LogP contribution in [0.2, 0.25) is 0 Å². The van der Waals surface area contributed by atoms with Crippen molar-refractivity contribution in [2.45, 2.75) is 43.6 Å². The molecule has 84 valence electrons. The molecule has 1 rings (SSSR count). The molecule has 0 saturated heterocycles. The first-order valence-corrected chi connectivity index (χ1v) is 5.73. The fourth-order valence-corrected chi connectivity index (χ4v) is 1.55. The average Bonchev–Trinajstić information content (AvgIpc) is 2.62. The zero-order valence-corrected chi connectivity index (χ0v) is 9.58. The largest absolute Gasteiger partial charge is 0.480 e. The van der Waals surface area contributed by atoms with Gasteiger partial charge in [-0.05, 0) is 13.3 Å². The number of hydrogen-bond acceptors (Lipinski definition) is 5. The summed E-state index contributed by atoms with van der Waals surface area (Å²) in [6.07, 6.45) is 2.82. The van der Waals surface area contributed by atoms with Crippen LogP contribution in [-0.4, -0.2) is 26.5 Å². The van der Waals surface area contributed by atoms with E-state index in [9.17, 15) is 4.79 Å². The maximum atomic E-state index is 10.6. The second-order valence-corrected chi connectivity index (χ2v) is 4.46. The van der Waals surface area contributed by atoms with Crippen molar-refractivity contribution in [1.82, 2.24) is 10.2 Å². The number of hydrogen-bond donors (Lipinski definition) is 1. The van der Waals surface area contributed by atoms with Crippen molar-refractivity contribution in [2.24, 2.45) is 0 Å². The number of rotatable bonds is 6. The van der Waals surface area contributed by atoms with Crippen molar-refractivity contribution in [3.63, 3.8) is 0 Å². The van der Waals surface area contributed by atoms with Gasteiger partial charge in [0.15, 0.2) is 0 Å². The molecule has 0 bridgehead atoms. The Morgan fingerprint density at radius 3 is 2.93 bits per heavy atom. The van der Waals surface area contributed by atoms with Gasteiger partial charge in [0.1, 0.15) is 5.25 Å². The van der Waals surface area contributed by atoms with E-state index >= 15 is 0 Å². The Hall–Kier alpha value is -1.04. The predicted octanol–water partition coefficient (Wildman–Crippen LogP) is 1.98. The van der Waals surface area contributed by atoms with Gasteiger partial charge in [0, 0.05) is 6.42 Å². The van der Waals surface area contributed by atoms with E-state index in [4.69, 9.17) is 9.52 Å². The molecule has 0 aliphatic rings. The molecule has 1 N–H and O–H groups in total. The molecule has 0 aromatic carbocycles. The molecule has 0 fully saturated rings. The molecule has 0 aliphatic carbocycles. The van der Waals surface area contributed by atoms with Crippen molar-refractivity contribution >= 4 is 17.7 Å². The molecule has 1 unspecified atom stereocenters. The summed E-state index contributed by atoms with van der Waals surface area (Å²) < 4.78 is 5.28. The van der Waals surface area contributed by atoms with E-state index in [1.54, 1.807) is 6.92 Å². The third-order valence-electron chi connectivity index (χ3n) is 1.82. The van der Waals surface area contributed by atoms with Gasteiger partial charge in [-0.15, -0.1) is 10.2 Å². The normalized spacial score (nSPS) is 12.7. The van der Waals surface area contributed by atoms with Gasteiger partial charge >= 0.3 is 5.97 Å². The number of carboxylic acid groups (broad SMARTS) is 1. The Balaban J connectivity index is 2.49. The summed E-state index contributed by atoms with van der Waals surface area (Å²) in [6.45, 7) is 3.67. The second kappa shape index (κ2) is 5.75. The van der Waals surface area contributed by atoms with E-state index in [2.05, 4.69) is 17.1 Å². The molecular formula is C9H14N2O3S. The van der Waals surface area contributed by atoms with Gasteiger partial charge in [0.05, 0.1) is 0 Å². The molecule has 0 saturated carbocycles. The lowest BCUT2D eigenvalue weighted by atomic mass is 10.2. The van der Waals surface area contributed by atoms with Gasteiger partial charge < -0.3 is 9.52 Å². The van der Waals surface area contributed by atoms with Crippen LogP contribution in [0.25, 0.3) is 0 Å². The highest BCUT2D eigenvalue weighted by molar-refractivity contribution is 8.00. The lowest BCUT2D eigenvalue weighted by Gasteiger charge is -1.99. The quantitative estimate of drug-likeness (QED) is 0.753. The van der Waals surface area contributed by atoms with Crippen LogP contribution in [0.5, 0.6) is 0 Å². The maximum Gasteiger partial charge on any atom is 0.316 e. The SMILES string of the molecule is CCCCc1nnc(SC(C)C(=O)O)o1. The van der Waals surface area contributed by atoms with E-state index in [0.717, 1.165) is 31.0 Å². The molecule has 1 aromatic rings. The number of nitrogens with zero attached hydrogens (tertiary/aromatic N) is 2. The van der Waals surface area contributed by atoms with E-state index < -0.39 is 11.2 Å². The van der Waals surface area contributed by atoms with Crippen molar-refractivity contribution in [2.75, 3.05) is 0 Å². The fourth-order valence-electron chi connectivity index (χ4n) is 0.916. The standard InChI is InChI=1S/C9H14N2O3S/c1-3-4-5-7-10-11-9(14-7)15-6(2)8(12)13/h6H,3-5H2,1-2H3,(H,12,13). The number of thioether (sulfide) groups is 1. The van der Waals surface area contributed by atoms with Crippen LogP contribution in [0, 0.1) is 0 Å². The summed E-state index contributed by atoms with van der Waals surface area (Å²) in [5, 5.41) is 16.1. The topological polar surface area (TPSA) is 76.2 Å². The fraction of sp³-hybridized carbons (Fsp3) is 0.667. The Morgan fingerprint density at radius 2 is 2.33 bits per heavy atom. The van der Waals surface area contributed by atoms with Crippen LogP contribution in [0.3, 0.4) is 0 Å². The Kier molecular flexibility index (Phi) is 4.61. The summed E-state index contributed by atoms with van der Waals surface area (Å²) in [5.74, 6) is -0.301. The Morgan fingerprint density at radius 1 is 1.60 bits per heavy atom. The van der Waals surface area contributed by atoms with Crippen LogP contribution < -0.4 is 0 Å². The third-order valence-corrected chi connectivity index (χ3v) is 2.74. The average molecular weight is 230 g/mol. The lowest BCUT2D eigenvalue weighted by Crippen LogP contribution is -2.10. The summed E-state index contributed by atoms with van der Waals surface area (Å²) in [7, 11) is 0. The monoisotopic (exact) mass is 230 g/mol. The van der Waals surface area contributed by atoms with Crippen LogP contribution in [0.1, 0.15) is 32.6 Å². The number of aryl methyl sites for hydroxylation is 1. The van der Waals surface area contributed by atoms with Gasteiger partial charge in [0.2, 0.25) is 5.89 Å².